The summed E-state index contributed by atoms with van der Waals surface area (Å²) < 4.78 is 5.41. The number of β-amino-alcohol motifs (C(OH)–C–C–N with tert-alkyl or cyclic N) is 1. The molecule has 2 fully saturated rings. The number of aromatic nitrogens is 1. The quantitative estimate of drug-likeness (QED) is 0.192. The van der Waals surface area contributed by atoms with Crippen LogP contribution in [0.3, 0.4) is 0 Å². The summed E-state index contributed by atoms with van der Waals surface area (Å²) in [6.07, 6.45) is 2.69. The lowest BCUT2D eigenvalue weighted by atomic mass is 9.85. The number of benzene rings is 1. The Kier molecular flexibility index (Phi) is 14.7. The number of nitrogens with zero attached hydrogens (tertiary/aromatic N) is 3. The van der Waals surface area contributed by atoms with Crippen LogP contribution in [0.15, 0.2) is 29.8 Å². The van der Waals surface area contributed by atoms with Crippen LogP contribution in [0.2, 0.25) is 0 Å². The van der Waals surface area contributed by atoms with Crippen LogP contribution in [0.4, 0.5) is 4.79 Å². The minimum Gasteiger partial charge on any atom is -0.444 e. The van der Waals surface area contributed by atoms with E-state index >= 15 is 0 Å². The Hall–Kier alpha value is -4.04. The number of rotatable bonds is 14. The lowest BCUT2D eigenvalue weighted by Gasteiger charge is -2.35. The van der Waals surface area contributed by atoms with Crippen molar-refractivity contribution in [3.8, 4) is 10.4 Å². The summed E-state index contributed by atoms with van der Waals surface area (Å²) in [6, 6.07) is 5.86. The molecule has 13 nitrogen and oxygen atoms in total. The Labute approximate surface area is 324 Å². The van der Waals surface area contributed by atoms with Crippen molar-refractivity contribution < 1.29 is 33.8 Å². The summed E-state index contributed by atoms with van der Waals surface area (Å²) in [5, 5.41) is 19.5. The van der Waals surface area contributed by atoms with Crippen molar-refractivity contribution in [1.29, 1.82) is 0 Å². The molecule has 14 heteroatoms. The monoisotopic (exact) mass is 768 g/mol. The summed E-state index contributed by atoms with van der Waals surface area (Å²) in [6.45, 7) is 16.3. The molecule has 3 heterocycles. The van der Waals surface area contributed by atoms with Gasteiger partial charge in [0.15, 0.2) is 0 Å². The van der Waals surface area contributed by atoms with E-state index in [1.807, 2.05) is 85.2 Å². The highest BCUT2D eigenvalue weighted by molar-refractivity contribution is 7.13. The molecule has 54 heavy (non-hydrogen) atoms. The lowest BCUT2D eigenvalue weighted by Crippen LogP contribution is -2.57. The number of amides is 5. The van der Waals surface area contributed by atoms with Crippen LogP contribution in [0.1, 0.15) is 111 Å². The summed E-state index contributed by atoms with van der Waals surface area (Å²) >= 11 is 1.58. The third-order valence-electron chi connectivity index (χ3n) is 9.90. The van der Waals surface area contributed by atoms with Gasteiger partial charge >= 0.3 is 6.09 Å². The third kappa shape index (κ3) is 12.0. The van der Waals surface area contributed by atoms with Crippen molar-refractivity contribution in [2.75, 3.05) is 26.2 Å². The number of hydrogen-bond acceptors (Lipinski definition) is 9. The van der Waals surface area contributed by atoms with Crippen LogP contribution in [-0.2, 0) is 23.9 Å². The predicted molar refractivity (Wildman–Crippen MR) is 208 cm³/mol. The molecular weight excluding hydrogens is 709 g/mol. The molecule has 2 saturated heterocycles. The van der Waals surface area contributed by atoms with Gasteiger partial charge in [0, 0.05) is 39.0 Å². The van der Waals surface area contributed by atoms with Gasteiger partial charge in [-0.2, -0.15) is 0 Å². The minimum absolute atomic E-state index is 0.00985. The van der Waals surface area contributed by atoms with Crippen LogP contribution < -0.4 is 16.0 Å². The van der Waals surface area contributed by atoms with Crippen molar-refractivity contribution in [2.24, 2.45) is 11.3 Å². The fraction of sp³-hybridized carbons (Fsp3) is 0.650. The van der Waals surface area contributed by atoms with E-state index in [1.54, 1.807) is 16.2 Å². The van der Waals surface area contributed by atoms with E-state index in [4.69, 9.17) is 4.74 Å². The highest BCUT2D eigenvalue weighted by Crippen LogP contribution is 2.30. The molecule has 1 aromatic carbocycles. The topological polar surface area (TPSA) is 170 Å². The SMILES string of the molecule is Cc1ncsc1-c1ccc([C@H](C)NC(=O)[C@@H]2C[C@@H](O)CN2C(=O)C(NC(=O)CCCCCCNC(=O)C2CCN(C(=O)OC(C)(C)C)C2)C(C)(C)C)cc1. The second-order valence-electron chi connectivity index (χ2n) is 16.7. The largest absolute Gasteiger partial charge is 0.444 e. The van der Waals surface area contributed by atoms with Crippen molar-refractivity contribution in [1.82, 2.24) is 30.7 Å². The molecule has 298 valence electrons. The Morgan fingerprint density at radius 2 is 1.65 bits per heavy atom. The number of unbranched alkanes of at least 4 members (excludes halogenated alkanes) is 3. The number of thiazole rings is 1. The molecule has 0 spiro atoms. The van der Waals surface area contributed by atoms with E-state index in [2.05, 4.69) is 20.9 Å². The number of ether oxygens (including phenoxy) is 1. The number of hydrogen-bond donors (Lipinski definition) is 4. The molecule has 0 aliphatic carbocycles. The molecule has 0 saturated carbocycles. The van der Waals surface area contributed by atoms with E-state index < -0.39 is 41.2 Å². The van der Waals surface area contributed by atoms with Gasteiger partial charge in [0.2, 0.25) is 23.6 Å². The number of aliphatic hydroxyl groups excluding tert-OH is 1. The van der Waals surface area contributed by atoms with Crippen molar-refractivity contribution in [3.05, 3.63) is 41.0 Å². The van der Waals surface area contributed by atoms with Crippen LogP contribution in [0.5, 0.6) is 0 Å². The average molecular weight is 769 g/mol. The molecule has 2 aliphatic heterocycles. The number of aryl methyl sites for hydroxylation is 1. The molecule has 1 aromatic heterocycles. The van der Waals surface area contributed by atoms with Gasteiger partial charge < -0.3 is 35.6 Å². The van der Waals surface area contributed by atoms with Crippen LogP contribution in [-0.4, -0.2) is 99.6 Å². The van der Waals surface area contributed by atoms with Gasteiger partial charge in [-0.15, -0.1) is 11.3 Å². The maximum Gasteiger partial charge on any atom is 0.410 e. The maximum absolute atomic E-state index is 14.0. The molecule has 5 atom stereocenters. The first kappa shape index (κ1) is 42.7. The smallest absolute Gasteiger partial charge is 0.410 e. The Bertz CT molecular complexity index is 1620. The Morgan fingerprint density at radius 3 is 2.28 bits per heavy atom. The van der Waals surface area contributed by atoms with Crippen LogP contribution in [0, 0.1) is 18.3 Å². The van der Waals surface area contributed by atoms with E-state index in [9.17, 15) is 29.1 Å². The zero-order valence-corrected chi connectivity index (χ0v) is 34.0. The third-order valence-corrected chi connectivity index (χ3v) is 10.9. The first-order valence-electron chi connectivity index (χ1n) is 19.2. The molecule has 4 N–H and O–H groups in total. The van der Waals surface area contributed by atoms with Gasteiger partial charge in [0.1, 0.15) is 17.7 Å². The van der Waals surface area contributed by atoms with Gasteiger partial charge in [-0.25, -0.2) is 9.78 Å². The minimum atomic E-state index is -0.886. The molecule has 2 aromatic rings. The standard InChI is InChI=1S/C40H60N6O7S/c1-25(27-14-16-28(17-15-27)33-26(2)42-24-54-33)43-36(50)31-21-30(47)23-46(31)37(51)34(39(3,4)5)44-32(48)13-11-9-10-12-19-41-35(49)29-18-20-45(22-29)38(52)53-40(6,7)8/h14-17,24-25,29-31,34,47H,9-13,18-23H2,1-8H3,(H,41,49)(H,43,50)(H,44,48)/t25-,29?,30+,31-,34?/m0/s1. The van der Waals surface area contributed by atoms with E-state index in [0.717, 1.165) is 41.0 Å². The van der Waals surface area contributed by atoms with Gasteiger partial charge in [0.05, 0.1) is 34.1 Å². The van der Waals surface area contributed by atoms with Crippen LogP contribution in [0.25, 0.3) is 10.4 Å². The molecule has 2 unspecified atom stereocenters. The van der Waals surface area contributed by atoms with E-state index in [1.165, 1.54) is 4.90 Å². The van der Waals surface area contributed by atoms with Gasteiger partial charge in [-0.3, -0.25) is 19.2 Å². The van der Waals surface area contributed by atoms with E-state index in [0.29, 0.717) is 32.5 Å². The molecule has 4 rings (SSSR count). The zero-order chi connectivity index (χ0) is 39.8. The van der Waals surface area contributed by atoms with Gasteiger partial charge in [-0.1, -0.05) is 57.9 Å². The van der Waals surface area contributed by atoms with Gasteiger partial charge in [0.25, 0.3) is 0 Å². The summed E-state index contributed by atoms with van der Waals surface area (Å²) in [4.78, 5) is 74.0. The van der Waals surface area contributed by atoms with Gasteiger partial charge in [-0.05, 0) is 70.4 Å². The zero-order valence-electron chi connectivity index (χ0n) is 33.2. The molecule has 0 radical (unpaired) electrons. The second kappa shape index (κ2) is 18.5. The maximum atomic E-state index is 14.0. The van der Waals surface area contributed by atoms with Crippen molar-refractivity contribution >= 4 is 41.1 Å². The lowest BCUT2D eigenvalue weighted by molar-refractivity contribution is -0.144. The number of nitrogens with one attached hydrogen (secondary N) is 3. The highest BCUT2D eigenvalue weighted by Gasteiger charge is 2.44. The highest BCUT2D eigenvalue weighted by atomic mass is 32.1. The fourth-order valence-electron chi connectivity index (χ4n) is 6.84. The first-order valence-corrected chi connectivity index (χ1v) is 20.1. The Balaban J connectivity index is 1.20. The second-order valence-corrected chi connectivity index (χ2v) is 17.6. The number of carbonyl (C=O) groups excluding carboxylic acids is 5. The predicted octanol–water partition coefficient (Wildman–Crippen LogP) is 5.11. The summed E-state index contributed by atoms with van der Waals surface area (Å²) in [7, 11) is 0. The first-order chi connectivity index (χ1) is 25.3. The Morgan fingerprint density at radius 1 is 0.963 bits per heavy atom. The molecule has 0 bridgehead atoms. The van der Waals surface area contributed by atoms with E-state index in [-0.39, 0.29) is 49.1 Å². The number of carbonyl (C=O) groups is 5. The molecule has 2 aliphatic rings. The van der Waals surface area contributed by atoms with Crippen molar-refractivity contribution in [2.45, 2.75) is 130 Å². The number of aliphatic hydroxyl groups is 1. The average Bonchev–Trinajstić information content (AvgIpc) is 3.85. The summed E-state index contributed by atoms with van der Waals surface area (Å²) in [5.41, 5.74) is 3.52. The summed E-state index contributed by atoms with van der Waals surface area (Å²) in [5.74, 6) is -1.31. The van der Waals surface area contributed by atoms with Crippen molar-refractivity contribution in [3.63, 3.8) is 0 Å². The fourth-order valence-corrected chi connectivity index (χ4v) is 7.65. The van der Waals surface area contributed by atoms with Crippen LogP contribution >= 0.6 is 11.3 Å². The molecular formula is C40H60N6O7S. The number of likely N-dealkylation sites (tertiary alicyclic amines) is 2. The molecule has 5 amide bonds. The normalized spacial score (nSPS) is 20.0.